The van der Waals surface area contributed by atoms with E-state index in [4.69, 9.17) is 4.42 Å². The fourth-order valence-electron chi connectivity index (χ4n) is 6.23. The minimum absolute atomic E-state index is 0.802. The Kier molecular flexibility index (Phi) is 4.19. The SMILES string of the molecule is Cc1cc[n+]2c(c1)-c1cc3c(cc1C1=C(C2)[n+]2cc(C)ccc2-c2ccccc2C1)oc1ccccc13. The van der Waals surface area contributed by atoms with Crippen molar-refractivity contribution >= 4 is 33.2 Å². The molecule has 176 valence electrons. The number of hydrogen-bond donors (Lipinski definition) is 0. The third-order valence-electron chi connectivity index (χ3n) is 8.03. The van der Waals surface area contributed by atoms with Gasteiger partial charge in [-0.25, -0.2) is 0 Å². The molecule has 37 heavy (non-hydrogen) atoms. The maximum atomic E-state index is 6.40. The molecule has 0 N–H and O–H groups in total. The van der Waals surface area contributed by atoms with Crippen LogP contribution in [0.4, 0.5) is 0 Å². The number of fused-ring (bicyclic) bond motifs is 11. The average molecular weight is 479 g/mol. The second kappa shape index (κ2) is 7.50. The van der Waals surface area contributed by atoms with Gasteiger partial charge in [-0.05, 0) is 55.3 Å². The van der Waals surface area contributed by atoms with Crippen molar-refractivity contribution in [1.29, 1.82) is 0 Å². The molecular weight excluding hydrogens is 452 g/mol. The number of furan rings is 1. The molecule has 2 aliphatic heterocycles. The maximum Gasteiger partial charge on any atom is 0.257 e. The van der Waals surface area contributed by atoms with Gasteiger partial charge >= 0.3 is 0 Å². The Hall–Kier alpha value is -4.50. The zero-order valence-electron chi connectivity index (χ0n) is 21.0. The number of allylic oxidation sites excluding steroid dienone is 2. The van der Waals surface area contributed by atoms with E-state index in [0.29, 0.717) is 0 Å². The summed E-state index contributed by atoms with van der Waals surface area (Å²) in [5, 5.41) is 2.34. The molecule has 3 heteroatoms. The number of rotatable bonds is 0. The van der Waals surface area contributed by atoms with E-state index in [0.717, 1.165) is 24.1 Å². The molecule has 0 amide bonds. The molecule has 0 saturated heterocycles. The summed E-state index contributed by atoms with van der Waals surface area (Å²) in [6.45, 7) is 5.16. The predicted molar refractivity (Wildman–Crippen MR) is 148 cm³/mol. The normalized spacial score (nSPS) is 13.9. The minimum Gasteiger partial charge on any atom is -0.456 e. The van der Waals surface area contributed by atoms with Crippen LogP contribution in [0.25, 0.3) is 55.7 Å². The lowest BCUT2D eigenvalue weighted by Crippen LogP contribution is -2.45. The lowest BCUT2D eigenvalue weighted by Gasteiger charge is -2.10. The highest BCUT2D eigenvalue weighted by Gasteiger charge is 2.37. The van der Waals surface area contributed by atoms with E-state index in [9.17, 15) is 0 Å². The lowest BCUT2D eigenvalue weighted by atomic mass is 9.90. The molecule has 2 aliphatic rings. The first kappa shape index (κ1) is 20.7. The Labute approximate surface area is 215 Å². The largest absolute Gasteiger partial charge is 0.456 e. The van der Waals surface area contributed by atoms with Crippen molar-refractivity contribution in [3.63, 3.8) is 0 Å². The molecule has 0 radical (unpaired) electrons. The molecule has 6 aromatic rings. The number of aromatic nitrogens is 2. The van der Waals surface area contributed by atoms with Gasteiger partial charge in [0.25, 0.3) is 5.70 Å². The van der Waals surface area contributed by atoms with Crippen LogP contribution >= 0.6 is 0 Å². The van der Waals surface area contributed by atoms with E-state index in [-0.39, 0.29) is 0 Å². The van der Waals surface area contributed by atoms with Gasteiger partial charge in [0.2, 0.25) is 17.9 Å². The Morgan fingerprint density at radius 1 is 0.676 bits per heavy atom. The van der Waals surface area contributed by atoms with Crippen molar-refractivity contribution < 1.29 is 13.6 Å². The van der Waals surface area contributed by atoms with Crippen LogP contribution in [0.3, 0.4) is 0 Å². The van der Waals surface area contributed by atoms with Crippen LogP contribution in [0.15, 0.2) is 102 Å². The van der Waals surface area contributed by atoms with Gasteiger partial charge in [-0.15, -0.1) is 0 Å². The minimum atomic E-state index is 0.802. The quantitative estimate of drug-likeness (QED) is 0.214. The Morgan fingerprint density at radius 3 is 2.49 bits per heavy atom. The van der Waals surface area contributed by atoms with Crippen molar-refractivity contribution in [2.75, 3.05) is 0 Å². The summed E-state index contributed by atoms with van der Waals surface area (Å²) in [5.74, 6) is 0. The van der Waals surface area contributed by atoms with Crippen LogP contribution in [0.2, 0.25) is 0 Å². The molecular formula is C34H26N2O+2. The molecule has 5 heterocycles. The Bertz CT molecular complexity index is 1960. The molecule has 0 aliphatic carbocycles. The molecule has 3 aromatic heterocycles. The molecule has 3 nitrogen and oxygen atoms in total. The summed E-state index contributed by atoms with van der Waals surface area (Å²) < 4.78 is 11.3. The van der Waals surface area contributed by atoms with Gasteiger partial charge in [-0.1, -0.05) is 36.4 Å². The molecule has 0 bridgehead atoms. The first-order valence-electron chi connectivity index (χ1n) is 12.9. The molecule has 0 saturated carbocycles. The first-order chi connectivity index (χ1) is 18.1. The molecule has 0 spiro atoms. The van der Waals surface area contributed by atoms with Crippen LogP contribution < -0.4 is 9.13 Å². The fraction of sp³-hybridized carbons (Fsp3) is 0.118. The zero-order valence-corrected chi connectivity index (χ0v) is 21.0. The van der Waals surface area contributed by atoms with Crippen LogP contribution in [0.1, 0.15) is 22.3 Å². The van der Waals surface area contributed by atoms with Crippen molar-refractivity contribution in [2.24, 2.45) is 0 Å². The van der Waals surface area contributed by atoms with Crippen molar-refractivity contribution in [1.82, 2.24) is 0 Å². The number of nitrogens with zero attached hydrogens (tertiary/aromatic N) is 2. The zero-order chi connectivity index (χ0) is 24.7. The molecule has 0 fully saturated rings. The third-order valence-corrected chi connectivity index (χ3v) is 8.03. The van der Waals surface area contributed by atoms with E-state index < -0.39 is 0 Å². The summed E-state index contributed by atoms with van der Waals surface area (Å²) in [6, 6.07) is 30.9. The van der Waals surface area contributed by atoms with Crippen molar-refractivity contribution in [3.05, 3.63) is 120 Å². The molecule has 0 atom stereocenters. The van der Waals surface area contributed by atoms with Crippen LogP contribution in [0, 0.1) is 13.8 Å². The first-order valence-corrected chi connectivity index (χ1v) is 12.9. The highest BCUT2D eigenvalue weighted by atomic mass is 16.3. The smallest absolute Gasteiger partial charge is 0.257 e. The third kappa shape index (κ3) is 3.01. The number of aryl methyl sites for hydroxylation is 2. The van der Waals surface area contributed by atoms with Gasteiger partial charge in [-0.3, -0.25) is 0 Å². The summed E-state index contributed by atoms with van der Waals surface area (Å²) in [5.41, 5.74) is 14.8. The second-order valence-corrected chi connectivity index (χ2v) is 10.4. The van der Waals surface area contributed by atoms with Crippen LogP contribution in [-0.2, 0) is 13.0 Å². The topological polar surface area (TPSA) is 20.9 Å². The van der Waals surface area contributed by atoms with E-state index in [1.807, 2.05) is 6.07 Å². The second-order valence-electron chi connectivity index (χ2n) is 10.4. The van der Waals surface area contributed by atoms with Crippen molar-refractivity contribution in [3.8, 4) is 22.5 Å². The van der Waals surface area contributed by atoms with Gasteiger partial charge < -0.3 is 4.42 Å². The molecule has 0 unspecified atom stereocenters. The van der Waals surface area contributed by atoms with Gasteiger partial charge in [0.1, 0.15) is 11.2 Å². The summed E-state index contributed by atoms with van der Waals surface area (Å²) in [6.07, 6.45) is 5.42. The van der Waals surface area contributed by atoms with E-state index in [2.05, 4.69) is 114 Å². The van der Waals surface area contributed by atoms with Gasteiger partial charge in [-0.2, -0.15) is 9.13 Å². The summed E-state index contributed by atoms with van der Waals surface area (Å²) in [4.78, 5) is 0. The van der Waals surface area contributed by atoms with E-state index in [1.54, 1.807) is 0 Å². The molecule has 8 rings (SSSR count). The number of pyridine rings is 2. The number of para-hydroxylation sites is 1. The van der Waals surface area contributed by atoms with Crippen LogP contribution in [-0.4, -0.2) is 0 Å². The van der Waals surface area contributed by atoms with E-state index >= 15 is 0 Å². The highest BCUT2D eigenvalue weighted by molar-refractivity contribution is 6.08. The lowest BCUT2D eigenvalue weighted by molar-refractivity contribution is -0.698. The predicted octanol–water partition coefficient (Wildman–Crippen LogP) is 7.05. The Morgan fingerprint density at radius 2 is 1.54 bits per heavy atom. The standard InChI is InChI=1S/C34H26N2O/c1-21-13-14-35-20-32-27(16-23-7-3-4-8-24(23)30-12-11-22(2)19-36(30)32)26-18-34-29(17-28(26)31(35)15-21)25-9-5-6-10-33(25)37-34/h3-15,17-19H,16,20H2,1-2H3/q+2. The van der Waals surface area contributed by atoms with Crippen LogP contribution in [0.5, 0.6) is 0 Å². The summed E-state index contributed by atoms with van der Waals surface area (Å²) in [7, 11) is 0. The fourth-order valence-corrected chi connectivity index (χ4v) is 6.23. The summed E-state index contributed by atoms with van der Waals surface area (Å²) >= 11 is 0. The van der Waals surface area contributed by atoms with Gasteiger partial charge in [0.15, 0.2) is 12.4 Å². The van der Waals surface area contributed by atoms with Crippen molar-refractivity contribution in [2.45, 2.75) is 26.8 Å². The van der Waals surface area contributed by atoms with Gasteiger partial charge in [0.05, 0.1) is 11.1 Å². The van der Waals surface area contributed by atoms with E-state index in [1.165, 1.54) is 66.8 Å². The monoisotopic (exact) mass is 478 g/mol. The maximum absolute atomic E-state index is 6.40. The Balaban J connectivity index is 1.53. The average Bonchev–Trinajstić information content (AvgIpc) is 3.15. The highest BCUT2D eigenvalue weighted by Crippen LogP contribution is 2.42. The number of benzene rings is 3. The number of hydrogen-bond acceptors (Lipinski definition) is 1. The molecule has 3 aromatic carbocycles. The van der Waals surface area contributed by atoms with Gasteiger partial charge in [0, 0.05) is 52.1 Å².